The Balaban J connectivity index is 1.97. The zero-order chi connectivity index (χ0) is 18.4. The molecule has 0 amide bonds. The number of aryl methyl sites for hydroxylation is 1. The maximum Gasteiger partial charge on any atom is 0.328 e. The summed E-state index contributed by atoms with van der Waals surface area (Å²) >= 11 is 5.73. The molecule has 0 saturated heterocycles. The van der Waals surface area contributed by atoms with Crippen molar-refractivity contribution in [2.75, 3.05) is 0 Å². The van der Waals surface area contributed by atoms with E-state index in [0.717, 1.165) is 11.7 Å². The minimum Gasteiger partial charge on any atom is -0.388 e. The highest BCUT2D eigenvalue weighted by molar-refractivity contribution is 6.29. The summed E-state index contributed by atoms with van der Waals surface area (Å²) in [6.45, 7) is 1.45. The third kappa shape index (κ3) is 3.15. The van der Waals surface area contributed by atoms with Crippen LogP contribution in [0.3, 0.4) is 0 Å². The Bertz CT molecular complexity index is 1020. The van der Waals surface area contributed by atoms with Gasteiger partial charge in [-0.15, -0.1) is 0 Å². The molecule has 1 unspecified atom stereocenters. The van der Waals surface area contributed by atoms with Crippen LogP contribution in [-0.2, 0) is 20.0 Å². The number of aliphatic hydroxyl groups is 1. The van der Waals surface area contributed by atoms with Crippen LogP contribution < -0.4 is 5.69 Å². The third-order valence-corrected chi connectivity index (χ3v) is 4.18. The Morgan fingerprint density at radius 1 is 1.36 bits per heavy atom. The van der Waals surface area contributed by atoms with Crippen LogP contribution in [0, 0.1) is 10.1 Å². The fraction of sp³-hybridized carbons (Fsp3) is 0.333. The molecule has 3 rings (SSSR count). The van der Waals surface area contributed by atoms with Crippen molar-refractivity contribution in [3.8, 4) is 0 Å². The van der Waals surface area contributed by atoms with E-state index in [0.29, 0.717) is 10.2 Å². The first-order valence-electron chi connectivity index (χ1n) is 7.45. The lowest BCUT2D eigenvalue weighted by atomic mass is 10.0. The van der Waals surface area contributed by atoms with Crippen molar-refractivity contribution < 1.29 is 10.1 Å². The molecule has 0 aliphatic rings. The van der Waals surface area contributed by atoms with E-state index in [9.17, 15) is 20.0 Å². The van der Waals surface area contributed by atoms with Gasteiger partial charge in [-0.3, -0.25) is 9.13 Å². The van der Waals surface area contributed by atoms with Gasteiger partial charge in [-0.1, -0.05) is 28.4 Å². The second kappa shape index (κ2) is 6.01. The van der Waals surface area contributed by atoms with Crippen molar-refractivity contribution in [1.82, 2.24) is 18.8 Å². The Kier molecular flexibility index (Phi) is 4.13. The Morgan fingerprint density at radius 3 is 2.64 bits per heavy atom. The molecule has 132 valence electrons. The van der Waals surface area contributed by atoms with Crippen LogP contribution in [0.4, 0.5) is 0 Å². The van der Waals surface area contributed by atoms with Crippen LogP contribution in [0.25, 0.3) is 11.0 Å². The predicted octanol–water partition coefficient (Wildman–Crippen LogP) is 1.22. The molecule has 0 saturated carbocycles. The minimum absolute atomic E-state index is 0.00767. The van der Waals surface area contributed by atoms with E-state index in [4.69, 9.17) is 11.6 Å². The summed E-state index contributed by atoms with van der Waals surface area (Å²) in [5.41, 5.74) is -0.322. The number of hydrogen-bond acceptors (Lipinski definition) is 5. The van der Waals surface area contributed by atoms with Crippen LogP contribution >= 0.6 is 11.6 Å². The average molecular weight is 366 g/mol. The molecule has 0 fully saturated rings. The molecule has 9 nitrogen and oxygen atoms in total. The van der Waals surface area contributed by atoms with Crippen molar-refractivity contribution in [2.45, 2.75) is 25.5 Å². The van der Waals surface area contributed by atoms with E-state index in [1.54, 1.807) is 25.2 Å². The second-order valence-electron chi connectivity index (χ2n) is 6.15. The second-order valence-corrected chi connectivity index (χ2v) is 6.54. The average Bonchev–Trinajstić information content (AvgIpc) is 3.00. The first kappa shape index (κ1) is 17.2. The zero-order valence-electron chi connectivity index (χ0n) is 13.6. The molecular formula is C15H16ClN5O4. The monoisotopic (exact) mass is 365 g/mol. The number of nitrogens with zero attached hydrogens (tertiary/aromatic N) is 5. The molecule has 2 heterocycles. The van der Waals surface area contributed by atoms with E-state index >= 15 is 0 Å². The topological polar surface area (TPSA) is 108 Å². The molecule has 3 aromatic rings. The summed E-state index contributed by atoms with van der Waals surface area (Å²) in [6.07, 6.45) is 0.924. The number of halogens is 1. The largest absolute Gasteiger partial charge is 0.388 e. The molecule has 1 aromatic carbocycles. The quantitative estimate of drug-likeness (QED) is 0.540. The highest BCUT2D eigenvalue weighted by atomic mass is 35.5. The summed E-state index contributed by atoms with van der Waals surface area (Å²) < 4.78 is 3.60. The summed E-state index contributed by atoms with van der Waals surface area (Å²) in [6, 6.07) is 7.20. The van der Waals surface area contributed by atoms with Crippen LogP contribution in [0.2, 0.25) is 5.15 Å². The number of rotatable bonds is 5. The normalized spacial score (nSPS) is 13.9. The van der Waals surface area contributed by atoms with Crippen LogP contribution in [0.1, 0.15) is 12.7 Å². The van der Waals surface area contributed by atoms with Crippen molar-refractivity contribution in [3.63, 3.8) is 0 Å². The number of nitro groups is 1. The number of aromatic nitrogens is 4. The molecule has 25 heavy (non-hydrogen) atoms. The summed E-state index contributed by atoms with van der Waals surface area (Å²) in [4.78, 5) is 27.4. The number of fused-ring (bicyclic) bond motifs is 1. The molecule has 0 spiro atoms. The standard InChI is InChI=1S/C15H16ClN5O4/c1-15(23,7-13-17-12(16)8-20(13)21(24)25)9-19-11-6-4-3-5-10(11)18(2)14(19)22/h3-6,8,23H,7,9H2,1-2H3. The van der Waals surface area contributed by atoms with Gasteiger partial charge in [0.1, 0.15) is 6.20 Å². The van der Waals surface area contributed by atoms with Crippen molar-refractivity contribution in [1.29, 1.82) is 0 Å². The third-order valence-electron chi connectivity index (χ3n) is 3.99. The van der Waals surface area contributed by atoms with E-state index in [2.05, 4.69) is 4.98 Å². The zero-order valence-corrected chi connectivity index (χ0v) is 14.3. The Morgan fingerprint density at radius 2 is 2.00 bits per heavy atom. The van der Waals surface area contributed by atoms with E-state index in [1.165, 1.54) is 16.1 Å². The lowest BCUT2D eigenvalue weighted by Gasteiger charge is -2.22. The van der Waals surface area contributed by atoms with E-state index in [1.807, 2.05) is 6.07 Å². The Hall–Kier alpha value is -2.65. The first-order chi connectivity index (χ1) is 11.7. The van der Waals surface area contributed by atoms with Crippen molar-refractivity contribution in [2.24, 2.45) is 7.05 Å². The maximum absolute atomic E-state index is 12.5. The smallest absolute Gasteiger partial charge is 0.328 e. The van der Waals surface area contributed by atoms with Gasteiger partial charge in [0, 0.05) is 13.5 Å². The molecular weight excluding hydrogens is 350 g/mol. The van der Waals surface area contributed by atoms with Gasteiger partial charge in [-0.25, -0.2) is 19.9 Å². The van der Waals surface area contributed by atoms with Gasteiger partial charge in [-0.2, -0.15) is 0 Å². The lowest BCUT2D eigenvalue weighted by Crippen LogP contribution is -2.38. The van der Waals surface area contributed by atoms with Crippen LogP contribution in [-0.4, -0.2) is 34.5 Å². The SMILES string of the molecule is Cn1c(=O)n(CC(C)(O)Cc2nc(Cl)cn2[N+](=O)[O-])c2ccccc21. The summed E-state index contributed by atoms with van der Waals surface area (Å²) in [5.74, 6) is 0.00767. The number of para-hydroxylation sites is 2. The van der Waals surface area contributed by atoms with Gasteiger partial charge in [-0.05, 0) is 19.1 Å². The molecule has 1 N–H and O–H groups in total. The summed E-state index contributed by atoms with van der Waals surface area (Å²) in [7, 11) is 1.65. The van der Waals surface area contributed by atoms with E-state index < -0.39 is 10.6 Å². The molecule has 1 atom stereocenters. The van der Waals surface area contributed by atoms with Crippen molar-refractivity contribution >= 4 is 22.6 Å². The van der Waals surface area contributed by atoms with Gasteiger partial charge in [0.25, 0.3) is 0 Å². The van der Waals surface area contributed by atoms with Gasteiger partial charge in [0.15, 0.2) is 16.0 Å². The predicted molar refractivity (Wildman–Crippen MR) is 91.1 cm³/mol. The highest BCUT2D eigenvalue weighted by Gasteiger charge is 2.29. The Labute approximate surface area is 146 Å². The number of hydrogen-bond donors (Lipinski definition) is 1. The number of benzene rings is 1. The lowest BCUT2D eigenvalue weighted by molar-refractivity contribution is -0.544. The molecule has 0 aliphatic heterocycles. The van der Waals surface area contributed by atoms with E-state index in [-0.39, 0.29) is 29.6 Å². The maximum atomic E-state index is 12.5. The fourth-order valence-corrected chi connectivity index (χ4v) is 3.08. The molecule has 0 radical (unpaired) electrons. The highest BCUT2D eigenvalue weighted by Crippen LogP contribution is 2.20. The van der Waals surface area contributed by atoms with Gasteiger partial charge >= 0.3 is 5.69 Å². The molecule has 0 aliphatic carbocycles. The van der Waals surface area contributed by atoms with Crippen LogP contribution in [0.15, 0.2) is 35.3 Å². The van der Waals surface area contributed by atoms with Gasteiger partial charge in [0.05, 0.1) is 23.2 Å². The molecule has 0 bridgehead atoms. The van der Waals surface area contributed by atoms with Gasteiger partial charge in [0.2, 0.25) is 0 Å². The van der Waals surface area contributed by atoms with Gasteiger partial charge < -0.3 is 5.11 Å². The minimum atomic E-state index is -1.45. The summed E-state index contributed by atoms with van der Waals surface area (Å²) in [5, 5.41) is 21.1. The fourth-order valence-electron chi connectivity index (χ4n) is 2.89. The van der Waals surface area contributed by atoms with Crippen molar-refractivity contribution in [3.05, 3.63) is 62.0 Å². The molecule has 2 aromatic heterocycles. The first-order valence-corrected chi connectivity index (χ1v) is 7.82. The van der Waals surface area contributed by atoms with Crippen LogP contribution in [0.5, 0.6) is 0 Å². The molecule has 10 heteroatoms. The number of imidazole rings is 2.